The SMILES string of the molecule is Cl.O=C(CCn1cnc2ccccc2c1=O)N1CC2CNCC2(CO)C1. The van der Waals surface area contributed by atoms with Crippen molar-refractivity contribution in [3.05, 3.63) is 40.9 Å². The number of hydrogen-bond acceptors (Lipinski definition) is 5. The second-order valence-electron chi connectivity index (χ2n) is 7.13. The molecule has 2 saturated heterocycles. The molecular formula is C18H23ClN4O3. The molecule has 0 bridgehead atoms. The van der Waals surface area contributed by atoms with Crippen LogP contribution in [0.2, 0.25) is 0 Å². The Morgan fingerprint density at radius 1 is 1.38 bits per heavy atom. The lowest BCUT2D eigenvalue weighted by atomic mass is 9.82. The molecule has 2 fully saturated rings. The van der Waals surface area contributed by atoms with Crippen LogP contribution in [0.4, 0.5) is 0 Å². The van der Waals surface area contributed by atoms with Crippen LogP contribution in [0.3, 0.4) is 0 Å². The molecule has 7 nitrogen and oxygen atoms in total. The van der Waals surface area contributed by atoms with Gasteiger partial charge in [0.1, 0.15) is 0 Å². The first kappa shape index (κ1) is 18.8. The number of benzene rings is 1. The van der Waals surface area contributed by atoms with E-state index in [4.69, 9.17) is 0 Å². The summed E-state index contributed by atoms with van der Waals surface area (Å²) in [6.07, 6.45) is 1.78. The van der Waals surface area contributed by atoms with Gasteiger partial charge in [0.15, 0.2) is 0 Å². The number of carbonyl (C=O) groups is 1. The number of aliphatic hydroxyl groups excluding tert-OH is 1. The first-order chi connectivity index (χ1) is 12.1. The van der Waals surface area contributed by atoms with E-state index in [0.29, 0.717) is 36.5 Å². The van der Waals surface area contributed by atoms with Crippen molar-refractivity contribution in [1.29, 1.82) is 0 Å². The van der Waals surface area contributed by atoms with Gasteiger partial charge in [-0.1, -0.05) is 12.1 Å². The van der Waals surface area contributed by atoms with Crippen molar-refractivity contribution in [2.75, 3.05) is 32.8 Å². The Morgan fingerprint density at radius 3 is 2.96 bits per heavy atom. The maximum atomic E-state index is 12.6. The van der Waals surface area contributed by atoms with Gasteiger partial charge in [-0.05, 0) is 18.1 Å². The zero-order valence-electron chi connectivity index (χ0n) is 14.4. The summed E-state index contributed by atoms with van der Waals surface area (Å²) in [5.41, 5.74) is 0.351. The van der Waals surface area contributed by atoms with E-state index in [0.717, 1.165) is 13.1 Å². The standard InChI is InChI=1S/C18H22N4O3.ClH/c23-11-18-9-19-7-13(18)8-22(10-18)16(24)5-6-21-12-20-15-4-2-1-3-14(15)17(21)25;/h1-4,12-13,19,23H,5-11H2;1H. The highest BCUT2D eigenvalue weighted by atomic mass is 35.5. The van der Waals surface area contributed by atoms with E-state index in [9.17, 15) is 14.7 Å². The Balaban J connectivity index is 0.00000196. The van der Waals surface area contributed by atoms with Gasteiger partial charge < -0.3 is 15.3 Å². The Hall–Kier alpha value is -1.96. The summed E-state index contributed by atoms with van der Waals surface area (Å²) < 4.78 is 1.50. The quantitative estimate of drug-likeness (QED) is 0.796. The highest BCUT2D eigenvalue weighted by molar-refractivity contribution is 5.85. The first-order valence-corrected chi connectivity index (χ1v) is 8.66. The lowest BCUT2D eigenvalue weighted by Gasteiger charge is -2.25. The smallest absolute Gasteiger partial charge is 0.261 e. The summed E-state index contributed by atoms with van der Waals surface area (Å²) in [5.74, 6) is 0.341. The molecule has 2 N–H and O–H groups in total. The number of likely N-dealkylation sites (tertiary alicyclic amines) is 1. The van der Waals surface area contributed by atoms with E-state index in [1.54, 1.807) is 12.1 Å². The number of para-hydroxylation sites is 1. The Kier molecular flexibility index (Phi) is 5.32. The molecule has 26 heavy (non-hydrogen) atoms. The molecule has 2 aliphatic heterocycles. The summed E-state index contributed by atoms with van der Waals surface area (Å²) >= 11 is 0. The molecule has 1 amide bonds. The zero-order chi connectivity index (χ0) is 17.4. The fourth-order valence-corrected chi connectivity index (χ4v) is 4.07. The zero-order valence-corrected chi connectivity index (χ0v) is 15.2. The molecule has 2 aromatic rings. The summed E-state index contributed by atoms with van der Waals surface area (Å²) in [6, 6.07) is 7.21. The van der Waals surface area contributed by atoms with Crippen molar-refractivity contribution >= 4 is 29.2 Å². The van der Waals surface area contributed by atoms with E-state index >= 15 is 0 Å². The first-order valence-electron chi connectivity index (χ1n) is 8.66. The number of nitrogens with one attached hydrogen (secondary N) is 1. The van der Waals surface area contributed by atoms with Crippen molar-refractivity contribution in [3.8, 4) is 0 Å². The molecule has 2 atom stereocenters. The van der Waals surface area contributed by atoms with Crippen LogP contribution in [0, 0.1) is 11.3 Å². The molecule has 2 unspecified atom stereocenters. The summed E-state index contributed by atoms with van der Waals surface area (Å²) in [5, 5.41) is 13.6. The van der Waals surface area contributed by atoms with Gasteiger partial charge in [0.2, 0.25) is 5.91 Å². The topological polar surface area (TPSA) is 87.5 Å². The number of aromatic nitrogens is 2. The third-order valence-corrected chi connectivity index (χ3v) is 5.65. The number of aryl methyl sites for hydroxylation is 1. The van der Waals surface area contributed by atoms with E-state index in [1.807, 2.05) is 17.0 Å². The molecule has 0 saturated carbocycles. The number of nitrogens with zero attached hydrogens (tertiary/aromatic N) is 3. The average molecular weight is 379 g/mol. The van der Waals surface area contributed by atoms with Gasteiger partial charge in [-0.25, -0.2) is 4.98 Å². The molecule has 1 aromatic carbocycles. The maximum absolute atomic E-state index is 12.6. The summed E-state index contributed by atoms with van der Waals surface area (Å²) in [4.78, 5) is 31.2. The number of amides is 1. The number of fused-ring (bicyclic) bond motifs is 2. The molecule has 8 heteroatoms. The van der Waals surface area contributed by atoms with Crippen LogP contribution in [0.5, 0.6) is 0 Å². The van der Waals surface area contributed by atoms with Crippen LogP contribution in [-0.2, 0) is 11.3 Å². The third-order valence-electron chi connectivity index (χ3n) is 5.65. The van der Waals surface area contributed by atoms with E-state index < -0.39 is 0 Å². The third kappa shape index (κ3) is 3.11. The van der Waals surface area contributed by atoms with E-state index in [-0.39, 0.29) is 42.3 Å². The molecule has 1 aromatic heterocycles. The van der Waals surface area contributed by atoms with Gasteiger partial charge in [-0.15, -0.1) is 12.4 Å². The largest absolute Gasteiger partial charge is 0.396 e. The number of aliphatic hydroxyl groups is 1. The minimum Gasteiger partial charge on any atom is -0.396 e. The molecule has 2 aliphatic rings. The van der Waals surface area contributed by atoms with Gasteiger partial charge in [0.25, 0.3) is 5.56 Å². The van der Waals surface area contributed by atoms with Crippen molar-refractivity contribution in [3.63, 3.8) is 0 Å². The molecule has 140 valence electrons. The fraction of sp³-hybridized carbons (Fsp3) is 0.500. The summed E-state index contributed by atoms with van der Waals surface area (Å²) in [6.45, 7) is 3.29. The van der Waals surface area contributed by atoms with E-state index in [2.05, 4.69) is 10.3 Å². The van der Waals surface area contributed by atoms with Crippen molar-refractivity contribution in [2.24, 2.45) is 11.3 Å². The predicted molar refractivity (Wildman–Crippen MR) is 100 cm³/mol. The Morgan fingerprint density at radius 2 is 2.19 bits per heavy atom. The van der Waals surface area contributed by atoms with Crippen LogP contribution in [0.25, 0.3) is 10.9 Å². The molecule has 0 radical (unpaired) electrons. The van der Waals surface area contributed by atoms with Gasteiger partial charge in [-0.3, -0.25) is 14.2 Å². The molecule has 3 heterocycles. The Labute approximate surface area is 157 Å². The number of rotatable bonds is 4. The van der Waals surface area contributed by atoms with Gasteiger partial charge >= 0.3 is 0 Å². The minimum absolute atomic E-state index is 0. The van der Waals surface area contributed by atoms with Gasteiger partial charge in [0, 0.05) is 44.6 Å². The van der Waals surface area contributed by atoms with Crippen LogP contribution in [-0.4, -0.2) is 58.3 Å². The highest BCUT2D eigenvalue weighted by Gasteiger charge is 2.50. The van der Waals surface area contributed by atoms with Crippen molar-refractivity contribution in [2.45, 2.75) is 13.0 Å². The lowest BCUT2D eigenvalue weighted by molar-refractivity contribution is -0.131. The van der Waals surface area contributed by atoms with Crippen LogP contribution >= 0.6 is 12.4 Å². The average Bonchev–Trinajstić information content (AvgIpc) is 3.19. The van der Waals surface area contributed by atoms with Gasteiger partial charge in [0.05, 0.1) is 23.8 Å². The maximum Gasteiger partial charge on any atom is 0.261 e. The predicted octanol–water partition coefficient (Wildman–Crippen LogP) is 0.249. The summed E-state index contributed by atoms with van der Waals surface area (Å²) in [7, 11) is 0. The van der Waals surface area contributed by atoms with Crippen molar-refractivity contribution < 1.29 is 9.90 Å². The monoisotopic (exact) mass is 378 g/mol. The number of halogens is 1. The van der Waals surface area contributed by atoms with Gasteiger partial charge in [-0.2, -0.15) is 0 Å². The highest BCUT2D eigenvalue weighted by Crippen LogP contribution is 2.38. The lowest BCUT2D eigenvalue weighted by Crippen LogP contribution is -2.38. The normalized spacial score (nSPS) is 24.5. The molecule has 0 spiro atoms. The van der Waals surface area contributed by atoms with E-state index in [1.165, 1.54) is 10.9 Å². The second-order valence-corrected chi connectivity index (χ2v) is 7.13. The van der Waals surface area contributed by atoms with Crippen molar-refractivity contribution in [1.82, 2.24) is 19.8 Å². The fourth-order valence-electron chi connectivity index (χ4n) is 4.07. The molecule has 0 aliphatic carbocycles. The second kappa shape index (κ2) is 7.34. The number of carbonyl (C=O) groups excluding carboxylic acids is 1. The van der Waals surface area contributed by atoms with Crippen LogP contribution in [0.15, 0.2) is 35.4 Å². The number of hydrogen-bond donors (Lipinski definition) is 2. The molecule has 4 rings (SSSR count). The Bertz CT molecular complexity index is 871. The minimum atomic E-state index is -0.197. The van der Waals surface area contributed by atoms with Crippen LogP contribution in [0.1, 0.15) is 6.42 Å². The molecular weight excluding hydrogens is 356 g/mol. The van der Waals surface area contributed by atoms with Crippen LogP contribution < -0.4 is 10.9 Å².